The van der Waals surface area contributed by atoms with E-state index in [2.05, 4.69) is 32.5 Å². The van der Waals surface area contributed by atoms with Crippen LogP contribution in [0.1, 0.15) is 18.1 Å². The van der Waals surface area contributed by atoms with Crippen molar-refractivity contribution < 1.29 is 0 Å². The molecule has 0 saturated carbocycles. The Morgan fingerprint density at radius 2 is 2.17 bits per heavy atom. The standard InChI is InChI=1S/C12H20N6/c1-8-5-13-6-10(8)7-14-11-15-9(2)16-12(17-11)18(3)4/h5-6,9,13H,7H2,1-4H3,(H2,14,15,16,17). The average molecular weight is 248 g/mol. The monoisotopic (exact) mass is 248 g/mol. The van der Waals surface area contributed by atoms with Gasteiger partial charge in [0.05, 0.1) is 6.54 Å². The molecular formula is C12H20N6. The first-order valence-electron chi connectivity index (χ1n) is 6.01. The van der Waals surface area contributed by atoms with Crippen molar-refractivity contribution in [2.75, 3.05) is 14.1 Å². The summed E-state index contributed by atoms with van der Waals surface area (Å²) < 4.78 is 0. The van der Waals surface area contributed by atoms with Crippen LogP contribution in [0.15, 0.2) is 22.4 Å². The summed E-state index contributed by atoms with van der Waals surface area (Å²) in [5.74, 6) is 1.59. The Morgan fingerprint density at radius 1 is 1.39 bits per heavy atom. The van der Waals surface area contributed by atoms with Crippen LogP contribution in [0.25, 0.3) is 0 Å². The van der Waals surface area contributed by atoms with Crippen LogP contribution in [-0.4, -0.2) is 42.1 Å². The molecule has 3 N–H and O–H groups in total. The van der Waals surface area contributed by atoms with Gasteiger partial charge in [0.2, 0.25) is 5.96 Å². The van der Waals surface area contributed by atoms with E-state index in [9.17, 15) is 0 Å². The van der Waals surface area contributed by atoms with E-state index < -0.39 is 0 Å². The maximum Gasteiger partial charge on any atom is 0.202 e. The number of hydrogen-bond donors (Lipinski definition) is 3. The van der Waals surface area contributed by atoms with E-state index in [-0.39, 0.29) is 6.17 Å². The molecule has 0 amide bonds. The number of guanidine groups is 2. The molecule has 1 unspecified atom stereocenters. The number of rotatable bonds is 2. The zero-order valence-electron chi connectivity index (χ0n) is 11.3. The molecule has 1 atom stereocenters. The van der Waals surface area contributed by atoms with E-state index in [4.69, 9.17) is 0 Å². The van der Waals surface area contributed by atoms with Crippen LogP contribution in [0.4, 0.5) is 0 Å². The van der Waals surface area contributed by atoms with Gasteiger partial charge in [0.15, 0.2) is 5.96 Å². The van der Waals surface area contributed by atoms with Crippen molar-refractivity contribution in [3.63, 3.8) is 0 Å². The van der Waals surface area contributed by atoms with Crippen molar-refractivity contribution in [2.45, 2.75) is 26.6 Å². The van der Waals surface area contributed by atoms with Gasteiger partial charge in [-0.3, -0.25) is 5.32 Å². The molecule has 0 spiro atoms. The minimum atomic E-state index is 0.0368. The predicted octanol–water partition coefficient (Wildman–Crippen LogP) is 0.636. The van der Waals surface area contributed by atoms with Gasteiger partial charge in [-0.2, -0.15) is 0 Å². The molecule has 98 valence electrons. The number of aliphatic imine (C=N–C) groups is 2. The molecule has 1 aromatic rings. The summed E-state index contributed by atoms with van der Waals surface area (Å²) in [5, 5.41) is 6.37. The molecule has 2 heterocycles. The zero-order valence-corrected chi connectivity index (χ0v) is 11.3. The van der Waals surface area contributed by atoms with Crippen molar-refractivity contribution >= 4 is 11.9 Å². The third-order valence-electron chi connectivity index (χ3n) is 2.79. The molecule has 0 fully saturated rings. The molecule has 0 aliphatic carbocycles. The fourth-order valence-electron chi connectivity index (χ4n) is 1.71. The molecule has 1 aliphatic heterocycles. The predicted molar refractivity (Wildman–Crippen MR) is 73.5 cm³/mol. The summed E-state index contributed by atoms with van der Waals surface area (Å²) in [6, 6.07) is 0. The van der Waals surface area contributed by atoms with Crippen LogP contribution < -0.4 is 10.6 Å². The van der Waals surface area contributed by atoms with Gasteiger partial charge in [0.25, 0.3) is 0 Å². The molecule has 0 bridgehead atoms. The average Bonchev–Trinajstić information content (AvgIpc) is 2.71. The third kappa shape index (κ3) is 2.82. The van der Waals surface area contributed by atoms with E-state index in [1.165, 1.54) is 11.1 Å². The summed E-state index contributed by atoms with van der Waals surface area (Å²) in [6.45, 7) is 4.72. The molecule has 0 saturated heterocycles. The highest BCUT2D eigenvalue weighted by molar-refractivity contribution is 6.00. The fraction of sp³-hybridized carbons (Fsp3) is 0.500. The number of aromatic nitrogens is 1. The summed E-state index contributed by atoms with van der Waals surface area (Å²) in [6.07, 6.45) is 3.99. The van der Waals surface area contributed by atoms with Crippen molar-refractivity contribution in [1.29, 1.82) is 0 Å². The van der Waals surface area contributed by atoms with Crippen LogP contribution >= 0.6 is 0 Å². The maximum atomic E-state index is 4.54. The van der Waals surface area contributed by atoms with Crippen LogP contribution in [0.3, 0.4) is 0 Å². The second kappa shape index (κ2) is 5.12. The number of nitrogens with one attached hydrogen (secondary N) is 3. The maximum absolute atomic E-state index is 4.54. The Hall–Kier alpha value is -1.98. The van der Waals surface area contributed by atoms with E-state index in [1.54, 1.807) is 0 Å². The van der Waals surface area contributed by atoms with Crippen LogP contribution in [0.2, 0.25) is 0 Å². The van der Waals surface area contributed by atoms with Gasteiger partial charge in [-0.05, 0) is 25.0 Å². The Labute approximate surface area is 107 Å². The highest BCUT2D eigenvalue weighted by Gasteiger charge is 2.15. The number of H-pyrrole nitrogens is 1. The molecule has 1 aromatic heterocycles. The number of hydrogen-bond acceptors (Lipinski definition) is 3. The lowest BCUT2D eigenvalue weighted by Gasteiger charge is -2.26. The lowest BCUT2D eigenvalue weighted by molar-refractivity contribution is 0.559. The number of nitrogens with zero attached hydrogens (tertiary/aromatic N) is 3. The Kier molecular flexibility index (Phi) is 3.55. The lowest BCUT2D eigenvalue weighted by atomic mass is 10.2. The smallest absolute Gasteiger partial charge is 0.202 e. The van der Waals surface area contributed by atoms with E-state index >= 15 is 0 Å². The van der Waals surface area contributed by atoms with Crippen LogP contribution in [0.5, 0.6) is 0 Å². The van der Waals surface area contributed by atoms with Crippen molar-refractivity contribution in [3.05, 3.63) is 23.5 Å². The molecule has 18 heavy (non-hydrogen) atoms. The van der Waals surface area contributed by atoms with Gasteiger partial charge in [-0.25, -0.2) is 9.98 Å². The summed E-state index contributed by atoms with van der Waals surface area (Å²) in [7, 11) is 3.91. The highest BCUT2D eigenvalue weighted by Crippen LogP contribution is 2.07. The second-order valence-electron chi connectivity index (χ2n) is 4.62. The molecule has 2 rings (SSSR count). The number of aromatic amines is 1. The van der Waals surface area contributed by atoms with Crippen molar-refractivity contribution in [2.24, 2.45) is 9.98 Å². The molecule has 0 radical (unpaired) electrons. The fourth-order valence-corrected chi connectivity index (χ4v) is 1.71. The Morgan fingerprint density at radius 3 is 2.78 bits per heavy atom. The first kappa shape index (κ1) is 12.5. The van der Waals surface area contributed by atoms with Gasteiger partial charge >= 0.3 is 0 Å². The Balaban J connectivity index is 2.06. The van der Waals surface area contributed by atoms with Gasteiger partial charge < -0.3 is 15.2 Å². The summed E-state index contributed by atoms with van der Waals surface area (Å²) in [4.78, 5) is 14.0. The van der Waals surface area contributed by atoms with Crippen molar-refractivity contribution in [3.8, 4) is 0 Å². The van der Waals surface area contributed by atoms with Crippen molar-refractivity contribution in [1.82, 2.24) is 20.5 Å². The second-order valence-corrected chi connectivity index (χ2v) is 4.62. The summed E-state index contributed by atoms with van der Waals surface area (Å²) >= 11 is 0. The Bertz CT molecular complexity index is 471. The minimum absolute atomic E-state index is 0.0368. The van der Waals surface area contributed by atoms with Crippen LogP contribution in [-0.2, 0) is 6.54 Å². The normalized spacial score (nSPS) is 21.2. The van der Waals surface area contributed by atoms with Crippen LogP contribution in [0, 0.1) is 6.92 Å². The van der Waals surface area contributed by atoms with Gasteiger partial charge in [-0.15, -0.1) is 0 Å². The minimum Gasteiger partial charge on any atom is -0.367 e. The molecule has 0 aromatic carbocycles. The molecule has 1 aliphatic rings. The topological polar surface area (TPSA) is 67.8 Å². The van der Waals surface area contributed by atoms with E-state index in [1.807, 2.05) is 38.3 Å². The first-order chi connectivity index (χ1) is 8.56. The van der Waals surface area contributed by atoms with E-state index in [0.717, 1.165) is 11.9 Å². The van der Waals surface area contributed by atoms with E-state index in [0.29, 0.717) is 6.54 Å². The SMILES string of the molecule is Cc1c[nH]cc1CN=C1NC(N(C)C)=NC(C)N1. The quantitative estimate of drug-likeness (QED) is 0.719. The third-order valence-corrected chi connectivity index (χ3v) is 2.79. The van der Waals surface area contributed by atoms with Gasteiger partial charge in [-0.1, -0.05) is 0 Å². The highest BCUT2D eigenvalue weighted by atomic mass is 15.4. The zero-order chi connectivity index (χ0) is 13.1. The van der Waals surface area contributed by atoms with Gasteiger partial charge in [0.1, 0.15) is 6.17 Å². The molecule has 6 nitrogen and oxygen atoms in total. The van der Waals surface area contributed by atoms with Gasteiger partial charge in [0, 0.05) is 26.5 Å². The lowest BCUT2D eigenvalue weighted by Crippen LogP contribution is -2.53. The number of aryl methyl sites for hydroxylation is 1. The molecule has 6 heteroatoms. The first-order valence-corrected chi connectivity index (χ1v) is 6.01. The largest absolute Gasteiger partial charge is 0.367 e. The summed E-state index contributed by atoms with van der Waals surface area (Å²) in [5.41, 5.74) is 2.43. The molecular weight excluding hydrogens is 228 g/mol.